The standard InChI is InChI=1S/C6H12N3O8P.2Na/c7-9-8-3-5(12)4(11)2(1-10)16-6(3)17-18(13,14)15;;/h2-6,10-12H,1H2,(H2,13,14,15);;/q;2*+1/p-2/t2-,3-,4-,5-,6-;;/m1../s1. The molecule has 1 aliphatic rings. The van der Waals surface area contributed by atoms with Crippen molar-refractivity contribution in [1.82, 2.24) is 0 Å². The van der Waals surface area contributed by atoms with E-state index in [1.165, 1.54) is 0 Å². The molecule has 0 amide bonds. The molecule has 1 aliphatic heterocycles. The number of phosphoric ester groups is 1. The van der Waals surface area contributed by atoms with E-state index in [-0.39, 0.29) is 59.1 Å². The van der Waals surface area contributed by atoms with E-state index < -0.39 is 45.1 Å². The van der Waals surface area contributed by atoms with Gasteiger partial charge >= 0.3 is 59.1 Å². The molecule has 1 saturated heterocycles. The van der Waals surface area contributed by atoms with Gasteiger partial charge in [0, 0.05) is 4.91 Å². The summed E-state index contributed by atoms with van der Waals surface area (Å²) in [6.45, 7) is -0.761. The Kier molecular flexibility index (Phi) is 11.9. The van der Waals surface area contributed by atoms with Crippen LogP contribution in [0.2, 0.25) is 0 Å². The number of phosphoric acid groups is 1. The molecule has 5 atom stereocenters. The summed E-state index contributed by atoms with van der Waals surface area (Å²) >= 11 is 0. The van der Waals surface area contributed by atoms with Crippen LogP contribution in [0, 0.1) is 0 Å². The molecule has 0 radical (unpaired) electrons. The maximum atomic E-state index is 10.5. The summed E-state index contributed by atoms with van der Waals surface area (Å²) in [7, 11) is -5.46. The molecule has 1 heterocycles. The number of rotatable bonds is 4. The van der Waals surface area contributed by atoms with E-state index in [0.29, 0.717) is 0 Å². The number of nitrogens with zero attached hydrogens (tertiary/aromatic N) is 3. The van der Waals surface area contributed by atoms with E-state index in [9.17, 15) is 24.6 Å². The molecule has 0 saturated carbocycles. The Morgan fingerprint density at radius 1 is 1.35 bits per heavy atom. The van der Waals surface area contributed by atoms with Crippen molar-refractivity contribution in [1.29, 1.82) is 0 Å². The summed E-state index contributed by atoms with van der Waals surface area (Å²) in [5.74, 6) is 0. The summed E-state index contributed by atoms with van der Waals surface area (Å²) in [4.78, 5) is 23.2. The monoisotopic (exact) mass is 329 g/mol. The summed E-state index contributed by atoms with van der Waals surface area (Å²) in [6, 6.07) is -1.64. The zero-order valence-electron chi connectivity index (χ0n) is 10.8. The number of hydrogen-bond acceptors (Lipinski definition) is 9. The Balaban J connectivity index is 0. The second kappa shape index (κ2) is 10.1. The van der Waals surface area contributed by atoms with Crippen molar-refractivity contribution in [2.75, 3.05) is 6.61 Å². The SMILES string of the molecule is [N-]=[N+]=N[C@H]1[C@@H](OP(=O)([O-])[O-])O[C@H](CO)[C@@H](O)[C@@H]1O.[Na+].[Na+]. The van der Waals surface area contributed by atoms with Gasteiger partial charge in [0.15, 0.2) is 6.29 Å². The van der Waals surface area contributed by atoms with E-state index >= 15 is 0 Å². The molecule has 1 fully saturated rings. The first-order valence-electron chi connectivity index (χ1n) is 4.67. The minimum absolute atomic E-state index is 0. The number of azide groups is 1. The van der Waals surface area contributed by atoms with Crippen LogP contribution in [-0.4, -0.2) is 52.6 Å². The van der Waals surface area contributed by atoms with E-state index in [1.807, 2.05) is 0 Å². The number of hydrogen-bond donors (Lipinski definition) is 3. The Morgan fingerprint density at radius 3 is 2.30 bits per heavy atom. The first-order chi connectivity index (χ1) is 8.30. The minimum Gasteiger partial charge on any atom is -0.790 e. The van der Waals surface area contributed by atoms with Crippen LogP contribution in [0.15, 0.2) is 5.11 Å². The van der Waals surface area contributed by atoms with Crippen molar-refractivity contribution in [3.05, 3.63) is 10.4 Å². The zero-order valence-corrected chi connectivity index (χ0v) is 15.7. The van der Waals surface area contributed by atoms with Gasteiger partial charge in [0.25, 0.3) is 0 Å². The van der Waals surface area contributed by atoms with Gasteiger partial charge in [0.05, 0.1) is 20.5 Å². The quantitative estimate of drug-likeness (QED) is 0.149. The summed E-state index contributed by atoms with van der Waals surface area (Å²) in [5.41, 5.74) is 8.24. The number of aliphatic hydroxyl groups is 3. The van der Waals surface area contributed by atoms with Crippen molar-refractivity contribution >= 4 is 7.82 Å². The molecule has 0 aliphatic carbocycles. The van der Waals surface area contributed by atoms with Crippen LogP contribution in [0.5, 0.6) is 0 Å². The van der Waals surface area contributed by atoms with Gasteiger partial charge in [0.2, 0.25) is 0 Å². The molecule has 0 spiro atoms. The van der Waals surface area contributed by atoms with Gasteiger partial charge in [0.1, 0.15) is 18.2 Å². The van der Waals surface area contributed by atoms with Crippen LogP contribution in [0.4, 0.5) is 0 Å². The molecule has 0 aromatic heterocycles. The third-order valence-corrected chi connectivity index (χ3v) is 2.73. The van der Waals surface area contributed by atoms with Crippen molar-refractivity contribution < 1.29 is 98.0 Å². The predicted octanol–water partition coefficient (Wildman–Crippen LogP) is -9.04. The van der Waals surface area contributed by atoms with Gasteiger partial charge in [-0.1, -0.05) is 5.11 Å². The van der Waals surface area contributed by atoms with Crippen LogP contribution < -0.4 is 68.9 Å². The molecule has 104 valence electrons. The van der Waals surface area contributed by atoms with Crippen LogP contribution in [-0.2, 0) is 13.8 Å². The van der Waals surface area contributed by atoms with Crippen molar-refractivity contribution in [2.24, 2.45) is 5.11 Å². The smallest absolute Gasteiger partial charge is 0.790 e. The van der Waals surface area contributed by atoms with Crippen LogP contribution in [0.3, 0.4) is 0 Å². The Bertz CT molecular complexity index is 390. The van der Waals surface area contributed by atoms with E-state index in [1.54, 1.807) is 0 Å². The largest absolute Gasteiger partial charge is 1.00 e. The topological polar surface area (TPSA) is 191 Å². The maximum absolute atomic E-state index is 10.5. The zero-order chi connectivity index (χ0) is 13.9. The van der Waals surface area contributed by atoms with Crippen LogP contribution >= 0.6 is 7.82 Å². The van der Waals surface area contributed by atoms with Gasteiger partial charge in [-0.2, -0.15) is 0 Å². The summed E-state index contributed by atoms with van der Waals surface area (Å²) in [5, 5.41) is 30.8. The molecule has 3 N–H and O–H groups in total. The summed E-state index contributed by atoms with van der Waals surface area (Å²) in [6.07, 6.45) is -6.65. The Morgan fingerprint density at radius 2 is 1.90 bits per heavy atom. The van der Waals surface area contributed by atoms with Crippen molar-refractivity contribution in [3.63, 3.8) is 0 Å². The molecular formula is C6H10N3Na2O8P. The van der Waals surface area contributed by atoms with Crippen molar-refractivity contribution in [2.45, 2.75) is 30.6 Å². The summed E-state index contributed by atoms with van der Waals surface area (Å²) < 4.78 is 19.2. The normalized spacial score (nSPS) is 33.4. The predicted molar refractivity (Wildman–Crippen MR) is 49.4 cm³/mol. The second-order valence-electron chi connectivity index (χ2n) is 3.45. The van der Waals surface area contributed by atoms with Crippen LogP contribution in [0.1, 0.15) is 0 Å². The molecule has 0 bridgehead atoms. The molecule has 0 aromatic carbocycles. The molecular weight excluding hydrogens is 319 g/mol. The number of aliphatic hydroxyl groups excluding tert-OH is 3. The van der Waals surface area contributed by atoms with Crippen molar-refractivity contribution in [3.8, 4) is 0 Å². The Labute approximate surface area is 157 Å². The number of ether oxygens (including phenoxy) is 1. The third kappa shape index (κ3) is 6.57. The molecule has 11 nitrogen and oxygen atoms in total. The molecule has 1 rings (SSSR count). The van der Waals surface area contributed by atoms with E-state index in [0.717, 1.165) is 0 Å². The average Bonchev–Trinajstić information content (AvgIpc) is 2.26. The first kappa shape index (κ1) is 23.5. The fourth-order valence-electron chi connectivity index (χ4n) is 1.46. The third-order valence-electron chi connectivity index (χ3n) is 2.27. The molecule has 20 heavy (non-hydrogen) atoms. The van der Waals surface area contributed by atoms with Gasteiger partial charge in [-0.3, -0.25) is 0 Å². The molecule has 14 heteroatoms. The van der Waals surface area contributed by atoms with E-state index in [2.05, 4.69) is 14.5 Å². The fourth-order valence-corrected chi connectivity index (χ4v) is 1.89. The molecule has 0 unspecified atom stereocenters. The maximum Gasteiger partial charge on any atom is 1.00 e. The first-order valence-corrected chi connectivity index (χ1v) is 6.13. The van der Waals surface area contributed by atoms with Gasteiger partial charge in [-0.05, 0) is 5.53 Å². The minimum atomic E-state index is -5.46. The van der Waals surface area contributed by atoms with E-state index in [4.69, 9.17) is 15.4 Å². The fraction of sp³-hybridized carbons (Fsp3) is 1.00. The van der Waals surface area contributed by atoms with Gasteiger partial charge in [-0.15, -0.1) is 0 Å². The van der Waals surface area contributed by atoms with Crippen LogP contribution in [0.25, 0.3) is 10.4 Å². The second-order valence-corrected chi connectivity index (χ2v) is 4.56. The Hall–Kier alpha value is 1.26. The van der Waals surface area contributed by atoms with Gasteiger partial charge < -0.3 is 38.9 Å². The average molecular weight is 329 g/mol. The molecule has 0 aromatic rings. The van der Waals surface area contributed by atoms with Gasteiger partial charge in [-0.25, -0.2) is 0 Å².